The molecule has 0 aromatic heterocycles. The maximum atomic E-state index is 9.48. The first-order chi connectivity index (χ1) is 9.20. The molecule has 0 heterocycles. The van der Waals surface area contributed by atoms with Gasteiger partial charge in [0.1, 0.15) is 0 Å². The highest BCUT2D eigenvalue weighted by atomic mass is 79.9. The molecule has 4 heteroatoms. The molecule has 0 saturated carbocycles. The molecule has 100 valence electrons. The van der Waals surface area contributed by atoms with Crippen LogP contribution in [0.15, 0.2) is 57.5 Å². The molecule has 0 aliphatic heterocycles. The van der Waals surface area contributed by atoms with Crippen molar-refractivity contribution in [1.29, 1.82) is 0 Å². The van der Waals surface area contributed by atoms with Crippen molar-refractivity contribution in [1.82, 2.24) is 5.32 Å². The van der Waals surface area contributed by atoms with Gasteiger partial charge >= 0.3 is 0 Å². The van der Waals surface area contributed by atoms with Gasteiger partial charge in [-0.2, -0.15) is 0 Å². The molecule has 0 aliphatic carbocycles. The van der Waals surface area contributed by atoms with Gasteiger partial charge in [-0.15, -0.1) is 0 Å². The summed E-state index contributed by atoms with van der Waals surface area (Å²) in [6.45, 7) is 0.799. The summed E-state index contributed by atoms with van der Waals surface area (Å²) < 4.78 is 2.07. The first kappa shape index (κ1) is 14.7. The molecule has 2 N–H and O–H groups in total. The molecule has 0 unspecified atom stereocenters. The fraction of sp³-hybridized carbons (Fsp3) is 0.200. The summed E-state index contributed by atoms with van der Waals surface area (Å²) in [5.41, 5.74) is 2.27. The number of benzene rings is 2. The van der Waals surface area contributed by atoms with Crippen LogP contribution in [0.4, 0.5) is 0 Å². The molecule has 0 amide bonds. The molecule has 0 bridgehead atoms. The number of nitrogens with one attached hydrogen (secondary N) is 1. The van der Waals surface area contributed by atoms with Crippen molar-refractivity contribution in [3.63, 3.8) is 0 Å². The molecule has 2 aromatic rings. The lowest BCUT2D eigenvalue weighted by Crippen LogP contribution is -2.23. The lowest BCUT2D eigenvalue weighted by atomic mass is 10.1. The zero-order valence-corrected chi connectivity index (χ0v) is 13.5. The Morgan fingerprint density at radius 1 is 1.00 bits per heavy atom. The fourth-order valence-corrected chi connectivity index (χ4v) is 2.54. The first-order valence-corrected chi connectivity index (χ1v) is 7.62. The third-order valence-electron chi connectivity index (χ3n) is 2.92. The van der Waals surface area contributed by atoms with Gasteiger partial charge in [-0.25, -0.2) is 0 Å². The van der Waals surface area contributed by atoms with Crippen molar-refractivity contribution in [2.45, 2.75) is 12.6 Å². The van der Waals surface area contributed by atoms with Gasteiger partial charge < -0.3 is 10.4 Å². The van der Waals surface area contributed by atoms with E-state index in [1.54, 1.807) is 0 Å². The summed E-state index contributed by atoms with van der Waals surface area (Å²) >= 11 is 6.94. The van der Waals surface area contributed by atoms with Crippen LogP contribution >= 0.6 is 31.9 Å². The summed E-state index contributed by atoms with van der Waals surface area (Å²) in [5, 5.41) is 12.8. The Morgan fingerprint density at radius 3 is 2.37 bits per heavy atom. The Labute approximate surface area is 130 Å². The third kappa shape index (κ3) is 4.14. The lowest BCUT2D eigenvalue weighted by Gasteiger charge is -2.17. The summed E-state index contributed by atoms with van der Waals surface area (Å²) in [6, 6.07) is 16.1. The van der Waals surface area contributed by atoms with E-state index in [0.29, 0.717) is 6.54 Å². The second kappa shape index (κ2) is 7.20. The van der Waals surface area contributed by atoms with Crippen molar-refractivity contribution in [3.8, 4) is 0 Å². The van der Waals surface area contributed by atoms with Crippen molar-refractivity contribution >= 4 is 31.9 Å². The van der Waals surface area contributed by atoms with E-state index in [4.69, 9.17) is 0 Å². The van der Waals surface area contributed by atoms with Crippen LogP contribution in [0.3, 0.4) is 0 Å². The molecule has 0 spiro atoms. The largest absolute Gasteiger partial charge is 0.394 e. The smallest absolute Gasteiger partial charge is 0.0626 e. The maximum absolute atomic E-state index is 9.48. The van der Waals surface area contributed by atoms with Crippen LogP contribution in [-0.2, 0) is 6.54 Å². The van der Waals surface area contributed by atoms with E-state index in [1.807, 2.05) is 36.4 Å². The van der Waals surface area contributed by atoms with Crippen LogP contribution in [0.2, 0.25) is 0 Å². The normalized spacial score (nSPS) is 12.4. The van der Waals surface area contributed by atoms with Gasteiger partial charge in [0.05, 0.1) is 12.6 Å². The number of aliphatic hydroxyl groups excluding tert-OH is 1. The Hall–Kier alpha value is -0.680. The minimum absolute atomic E-state index is 0.0383. The van der Waals surface area contributed by atoms with Gasteiger partial charge in [0, 0.05) is 15.5 Å². The van der Waals surface area contributed by atoms with Crippen LogP contribution in [0.25, 0.3) is 0 Å². The van der Waals surface area contributed by atoms with Crippen LogP contribution < -0.4 is 5.32 Å². The predicted octanol–water partition coefficient (Wildman–Crippen LogP) is 4.03. The van der Waals surface area contributed by atoms with Crippen molar-refractivity contribution in [2.75, 3.05) is 6.61 Å². The molecular formula is C15H15Br2NO. The quantitative estimate of drug-likeness (QED) is 0.815. The Balaban J connectivity index is 2.02. The maximum Gasteiger partial charge on any atom is 0.0626 e. The highest BCUT2D eigenvalue weighted by molar-refractivity contribution is 9.13. The lowest BCUT2D eigenvalue weighted by molar-refractivity contribution is 0.243. The molecule has 2 aromatic carbocycles. The second-order valence-electron chi connectivity index (χ2n) is 4.28. The number of halogens is 2. The average molecular weight is 385 g/mol. The van der Waals surface area contributed by atoms with Crippen LogP contribution in [0, 0.1) is 0 Å². The zero-order chi connectivity index (χ0) is 13.7. The van der Waals surface area contributed by atoms with Gasteiger partial charge in [0.25, 0.3) is 0 Å². The van der Waals surface area contributed by atoms with E-state index >= 15 is 0 Å². The number of hydrogen-bond donors (Lipinski definition) is 2. The minimum atomic E-state index is -0.0383. The summed E-state index contributed by atoms with van der Waals surface area (Å²) in [4.78, 5) is 0. The second-order valence-corrected chi connectivity index (χ2v) is 5.98. The fourth-order valence-electron chi connectivity index (χ4n) is 1.86. The van der Waals surface area contributed by atoms with E-state index < -0.39 is 0 Å². The predicted molar refractivity (Wildman–Crippen MR) is 85.0 cm³/mol. The zero-order valence-electron chi connectivity index (χ0n) is 10.3. The van der Waals surface area contributed by atoms with E-state index in [0.717, 1.165) is 14.5 Å². The van der Waals surface area contributed by atoms with E-state index in [2.05, 4.69) is 49.3 Å². The molecule has 1 atom stereocenters. The summed E-state index contributed by atoms with van der Waals surface area (Å²) in [5.74, 6) is 0. The summed E-state index contributed by atoms with van der Waals surface area (Å²) in [6.07, 6.45) is 0. The van der Waals surface area contributed by atoms with Crippen molar-refractivity contribution in [2.24, 2.45) is 0 Å². The van der Waals surface area contributed by atoms with Crippen molar-refractivity contribution < 1.29 is 5.11 Å². The molecular weight excluding hydrogens is 370 g/mol. The first-order valence-electron chi connectivity index (χ1n) is 6.04. The number of hydrogen-bond acceptors (Lipinski definition) is 2. The summed E-state index contributed by atoms with van der Waals surface area (Å²) in [7, 11) is 0. The number of rotatable bonds is 5. The minimum Gasteiger partial charge on any atom is -0.394 e. The van der Waals surface area contributed by atoms with Gasteiger partial charge in [0.15, 0.2) is 0 Å². The Morgan fingerprint density at radius 2 is 1.74 bits per heavy atom. The van der Waals surface area contributed by atoms with Crippen LogP contribution in [0.5, 0.6) is 0 Å². The molecule has 0 saturated heterocycles. The van der Waals surface area contributed by atoms with Crippen LogP contribution in [0.1, 0.15) is 17.2 Å². The number of aliphatic hydroxyl groups is 1. The van der Waals surface area contributed by atoms with Gasteiger partial charge in [0.2, 0.25) is 0 Å². The molecule has 0 aliphatic rings. The third-order valence-corrected chi connectivity index (χ3v) is 4.80. The van der Waals surface area contributed by atoms with Crippen LogP contribution in [-0.4, -0.2) is 11.7 Å². The van der Waals surface area contributed by atoms with E-state index in [9.17, 15) is 5.11 Å². The Bertz CT molecular complexity index is 531. The molecule has 19 heavy (non-hydrogen) atoms. The highest BCUT2D eigenvalue weighted by Crippen LogP contribution is 2.24. The SMILES string of the molecule is OC[C@H](NCc1ccc(Br)c(Br)c1)c1ccccc1. The monoisotopic (exact) mass is 383 g/mol. The molecule has 2 nitrogen and oxygen atoms in total. The highest BCUT2D eigenvalue weighted by Gasteiger charge is 2.09. The van der Waals surface area contributed by atoms with Gasteiger partial charge in [-0.3, -0.25) is 0 Å². The topological polar surface area (TPSA) is 32.3 Å². The van der Waals surface area contributed by atoms with Gasteiger partial charge in [-0.05, 0) is 55.1 Å². The average Bonchev–Trinajstić information content (AvgIpc) is 2.44. The molecule has 0 fully saturated rings. The molecule has 2 rings (SSSR count). The van der Waals surface area contributed by atoms with E-state index in [1.165, 1.54) is 5.56 Å². The van der Waals surface area contributed by atoms with Gasteiger partial charge in [-0.1, -0.05) is 36.4 Å². The molecule has 0 radical (unpaired) electrons. The van der Waals surface area contributed by atoms with Crippen molar-refractivity contribution in [3.05, 3.63) is 68.6 Å². The standard InChI is InChI=1S/C15H15Br2NO/c16-13-7-6-11(8-14(13)17)9-18-15(10-19)12-4-2-1-3-5-12/h1-8,15,18-19H,9-10H2/t15-/m0/s1. The van der Waals surface area contributed by atoms with E-state index in [-0.39, 0.29) is 12.6 Å². The Kier molecular flexibility index (Phi) is 5.58.